The highest BCUT2D eigenvalue weighted by molar-refractivity contribution is 5.77. The second kappa shape index (κ2) is 3.55. The largest absolute Gasteiger partial charge is 0.336 e. The summed E-state index contributed by atoms with van der Waals surface area (Å²) in [6.45, 7) is 0. The molecule has 0 amide bonds. The van der Waals surface area contributed by atoms with Crippen molar-refractivity contribution >= 4 is 11.0 Å². The highest BCUT2D eigenvalue weighted by Gasteiger charge is 2.08. The minimum atomic E-state index is -0.194. The quantitative estimate of drug-likeness (QED) is 0.680. The van der Waals surface area contributed by atoms with E-state index in [4.69, 9.17) is 0 Å². The van der Waals surface area contributed by atoms with Crippen LogP contribution in [-0.4, -0.2) is 19.7 Å². The van der Waals surface area contributed by atoms with Crippen LogP contribution < -0.4 is 5.56 Å². The van der Waals surface area contributed by atoms with E-state index in [1.807, 2.05) is 30.3 Å². The standard InChI is InChI=1S/C12H10N4O/c1-16-12(17)10-9(7-13-16)14-11(15-10)8-5-3-2-4-6-8/h2-7H,1H3,(H,14,15). The fraction of sp³-hybridized carbons (Fsp3) is 0.0833. The Kier molecular flexibility index (Phi) is 2.04. The number of hydrogen-bond donors (Lipinski definition) is 1. The molecule has 2 aromatic heterocycles. The van der Waals surface area contributed by atoms with Gasteiger partial charge in [-0.05, 0) is 0 Å². The number of hydrogen-bond acceptors (Lipinski definition) is 3. The smallest absolute Gasteiger partial charge is 0.294 e. The van der Waals surface area contributed by atoms with Gasteiger partial charge in [-0.1, -0.05) is 30.3 Å². The second-order valence-electron chi connectivity index (χ2n) is 3.79. The molecule has 3 aromatic rings. The zero-order valence-corrected chi connectivity index (χ0v) is 9.21. The minimum Gasteiger partial charge on any atom is -0.336 e. The van der Waals surface area contributed by atoms with Crippen molar-refractivity contribution in [2.45, 2.75) is 0 Å². The van der Waals surface area contributed by atoms with Gasteiger partial charge in [-0.2, -0.15) is 5.10 Å². The summed E-state index contributed by atoms with van der Waals surface area (Å²) >= 11 is 0. The number of nitrogens with zero attached hydrogens (tertiary/aromatic N) is 3. The summed E-state index contributed by atoms with van der Waals surface area (Å²) in [5, 5.41) is 3.95. The molecule has 1 aromatic carbocycles. The van der Waals surface area contributed by atoms with Crippen LogP contribution in [0.2, 0.25) is 0 Å². The van der Waals surface area contributed by atoms with E-state index in [0.717, 1.165) is 5.56 Å². The number of fused-ring (bicyclic) bond motifs is 1. The minimum absolute atomic E-state index is 0.194. The molecule has 0 aliphatic rings. The van der Waals surface area contributed by atoms with Crippen molar-refractivity contribution in [3.05, 3.63) is 46.9 Å². The van der Waals surface area contributed by atoms with E-state index >= 15 is 0 Å². The van der Waals surface area contributed by atoms with Crippen LogP contribution in [0.3, 0.4) is 0 Å². The fourth-order valence-electron chi connectivity index (χ4n) is 1.73. The molecule has 0 aliphatic carbocycles. The fourth-order valence-corrected chi connectivity index (χ4v) is 1.73. The van der Waals surface area contributed by atoms with Gasteiger partial charge in [0, 0.05) is 12.6 Å². The lowest BCUT2D eigenvalue weighted by Gasteiger charge is -1.93. The van der Waals surface area contributed by atoms with Gasteiger partial charge in [0.2, 0.25) is 0 Å². The van der Waals surface area contributed by atoms with Crippen LogP contribution in [0.25, 0.3) is 22.4 Å². The van der Waals surface area contributed by atoms with Crippen molar-refractivity contribution < 1.29 is 0 Å². The molecule has 0 radical (unpaired) electrons. The highest BCUT2D eigenvalue weighted by Crippen LogP contribution is 2.17. The van der Waals surface area contributed by atoms with Gasteiger partial charge in [0.05, 0.1) is 11.7 Å². The molecule has 0 fully saturated rings. The van der Waals surface area contributed by atoms with Gasteiger partial charge in [-0.25, -0.2) is 9.67 Å². The zero-order chi connectivity index (χ0) is 11.8. The monoisotopic (exact) mass is 226 g/mol. The topological polar surface area (TPSA) is 63.6 Å². The van der Waals surface area contributed by atoms with Crippen molar-refractivity contribution in [3.8, 4) is 11.4 Å². The van der Waals surface area contributed by atoms with E-state index in [2.05, 4.69) is 15.1 Å². The Hall–Kier alpha value is -2.43. The molecule has 0 unspecified atom stereocenters. The van der Waals surface area contributed by atoms with Crippen molar-refractivity contribution in [3.63, 3.8) is 0 Å². The number of imidazole rings is 1. The molecule has 5 heteroatoms. The maximum absolute atomic E-state index is 11.8. The summed E-state index contributed by atoms with van der Waals surface area (Å²) in [7, 11) is 1.61. The SMILES string of the molecule is Cn1ncc2[nH]c(-c3ccccc3)nc2c1=O. The summed E-state index contributed by atoms with van der Waals surface area (Å²) in [5.74, 6) is 0.686. The second-order valence-corrected chi connectivity index (χ2v) is 3.79. The normalized spacial score (nSPS) is 10.9. The maximum Gasteiger partial charge on any atom is 0.294 e. The van der Waals surface area contributed by atoms with Crippen LogP contribution in [0.15, 0.2) is 41.3 Å². The van der Waals surface area contributed by atoms with Crippen LogP contribution in [-0.2, 0) is 7.05 Å². The van der Waals surface area contributed by atoms with Gasteiger partial charge in [-0.3, -0.25) is 4.79 Å². The predicted octanol–water partition coefficient (Wildman–Crippen LogP) is 1.32. The van der Waals surface area contributed by atoms with Gasteiger partial charge in [0.25, 0.3) is 5.56 Å². The van der Waals surface area contributed by atoms with Gasteiger partial charge in [-0.15, -0.1) is 0 Å². The molecule has 3 rings (SSSR count). The summed E-state index contributed by atoms with van der Waals surface area (Å²) in [6, 6.07) is 9.68. The first-order chi connectivity index (χ1) is 8.25. The summed E-state index contributed by atoms with van der Waals surface area (Å²) < 4.78 is 1.28. The van der Waals surface area contributed by atoms with E-state index in [-0.39, 0.29) is 5.56 Å². The number of benzene rings is 1. The lowest BCUT2D eigenvalue weighted by atomic mass is 10.2. The van der Waals surface area contributed by atoms with Crippen LogP contribution >= 0.6 is 0 Å². The van der Waals surface area contributed by atoms with Gasteiger partial charge in [0.15, 0.2) is 5.52 Å². The van der Waals surface area contributed by atoms with Gasteiger partial charge >= 0.3 is 0 Å². The van der Waals surface area contributed by atoms with E-state index in [9.17, 15) is 4.79 Å². The Bertz CT molecular complexity index is 727. The molecule has 84 valence electrons. The Morgan fingerprint density at radius 2 is 2.00 bits per heavy atom. The molecular weight excluding hydrogens is 216 g/mol. The van der Waals surface area contributed by atoms with E-state index < -0.39 is 0 Å². The molecule has 1 N–H and O–H groups in total. The molecule has 0 aliphatic heterocycles. The van der Waals surface area contributed by atoms with Crippen molar-refractivity contribution in [1.82, 2.24) is 19.7 Å². The Morgan fingerprint density at radius 3 is 2.76 bits per heavy atom. The third-order valence-electron chi connectivity index (χ3n) is 2.64. The number of aryl methyl sites for hydroxylation is 1. The van der Waals surface area contributed by atoms with Crippen LogP contribution in [0.5, 0.6) is 0 Å². The Labute approximate surface area is 96.7 Å². The molecule has 17 heavy (non-hydrogen) atoms. The van der Waals surface area contributed by atoms with E-state index in [1.54, 1.807) is 13.2 Å². The number of nitrogens with one attached hydrogen (secondary N) is 1. The maximum atomic E-state index is 11.8. The average molecular weight is 226 g/mol. The highest BCUT2D eigenvalue weighted by atomic mass is 16.1. The van der Waals surface area contributed by atoms with Crippen molar-refractivity contribution in [2.75, 3.05) is 0 Å². The first-order valence-corrected chi connectivity index (χ1v) is 5.23. The van der Waals surface area contributed by atoms with Gasteiger partial charge in [0.1, 0.15) is 5.82 Å². The molecule has 0 bridgehead atoms. The molecule has 0 spiro atoms. The van der Waals surface area contributed by atoms with Crippen molar-refractivity contribution in [1.29, 1.82) is 0 Å². The summed E-state index contributed by atoms with van der Waals surface area (Å²) in [4.78, 5) is 19.2. The first-order valence-electron chi connectivity index (χ1n) is 5.23. The zero-order valence-electron chi connectivity index (χ0n) is 9.21. The molecule has 0 saturated carbocycles. The molecular formula is C12H10N4O. The lowest BCUT2D eigenvalue weighted by Crippen LogP contribution is -2.18. The number of aromatic nitrogens is 4. The number of H-pyrrole nitrogens is 1. The lowest BCUT2D eigenvalue weighted by molar-refractivity contribution is 0.716. The van der Waals surface area contributed by atoms with Crippen LogP contribution in [0.1, 0.15) is 0 Å². The summed E-state index contributed by atoms with van der Waals surface area (Å²) in [5.41, 5.74) is 1.83. The molecule has 5 nitrogen and oxygen atoms in total. The third kappa shape index (κ3) is 1.52. The first kappa shape index (κ1) is 9.77. The Morgan fingerprint density at radius 1 is 1.24 bits per heavy atom. The number of aromatic amines is 1. The van der Waals surface area contributed by atoms with E-state index in [0.29, 0.717) is 16.9 Å². The average Bonchev–Trinajstić information content (AvgIpc) is 2.80. The van der Waals surface area contributed by atoms with Crippen molar-refractivity contribution in [2.24, 2.45) is 7.05 Å². The third-order valence-corrected chi connectivity index (χ3v) is 2.64. The predicted molar refractivity (Wildman–Crippen MR) is 64.6 cm³/mol. The van der Waals surface area contributed by atoms with E-state index in [1.165, 1.54) is 4.68 Å². The molecule has 2 heterocycles. The van der Waals surface area contributed by atoms with Crippen LogP contribution in [0.4, 0.5) is 0 Å². The molecule has 0 atom stereocenters. The molecule has 0 saturated heterocycles. The number of rotatable bonds is 1. The Balaban J connectivity index is 2.28. The summed E-state index contributed by atoms with van der Waals surface area (Å²) in [6.07, 6.45) is 1.61. The van der Waals surface area contributed by atoms with Gasteiger partial charge < -0.3 is 4.98 Å². The van der Waals surface area contributed by atoms with Crippen LogP contribution in [0, 0.1) is 0 Å².